The molecule has 282 valence electrons. The zero-order valence-electron chi connectivity index (χ0n) is 30.3. The number of ether oxygens (including phenoxy) is 3. The van der Waals surface area contributed by atoms with E-state index in [4.69, 9.17) is 37.4 Å². The number of esters is 1. The van der Waals surface area contributed by atoms with Gasteiger partial charge >= 0.3 is 12.1 Å². The lowest BCUT2D eigenvalue weighted by atomic mass is 10.1. The van der Waals surface area contributed by atoms with Gasteiger partial charge in [-0.3, -0.25) is 14.4 Å². The maximum atomic E-state index is 15.5. The van der Waals surface area contributed by atoms with Crippen molar-refractivity contribution in [2.75, 3.05) is 65.2 Å². The minimum Gasteiger partial charge on any atom is -0.490 e. The number of hydrogen-bond acceptors (Lipinski definition) is 8. The second-order valence-corrected chi connectivity index (χ2v) is 15.4. The molecule has 4 aromatic rings. The first-order chi connectivity index (χ1) is 25.3. The number of fused-ring (bicyclic) bond motifs is 1. The summed E-state index contributed by atoms with van der Waals surface area (Å²) in [5.41, 5.74) is 3.29. The summed E-state index contributed by atoms with van der Waals surface area (Å²) in [6, 6.07) is 12.7. The Morgan fingerprint density at radius 1 is 1.08 bits per heavy atom. The standard InChI is InChI=1S/C38H42Cl2FN5O6S/c1-24-29(39)10-7-13-34(24)51-16-17-52-38(49)45-14-18-53-35-27(9-6-12-33(35)45)26-21-42-44(22-26)23-28-30(40)19-25(20-31(28)41)36(47)43-32(37(48)50-5)11-8-15-46(2,3)4/h6-7,9-10,12-13,19-22,32H,8,11,14-18,23H2,1-5H3/p+1/t32-/m0/s1. The number of amides is 2. The number of rotatable bonds is 14. The highest BCUT2D eigenvalue weighted by molar-refractivity contribution is 7.99. The van der Waals surface area contributed by atoms with Gasteiger partial charge in [0.25, 0.3) is 5.91 Å². The Labute approximate surface area is 322 Å². The third kappa shape index (κ3) is 10.2. The smallest absolute Gasteiger partial charge is 0.414 e. The van der Waals surface area contributed by atoms with Gasteiger partial charge in [-0.1, -0.05) is 41.4 Å². The molecule has 2 heterocycles. The van der Waals surface area contributed by atoms with Gasteiger partial charge in [0.2, 0.25) is 0 Å². The van der Waals surface area contributed by atoms with Gasteiger partial charge in [-0.15, -0.1) is 11.8 Å². The van der Waals surface area contributed by atoms with Crippen LogP contribution in [0.2, 0.25) is 10.0 Å². The van der Waals surface area contributed by atoms with Gasteiger partial charge in [-0.05, 0) is 50.1 Å². The number of anilines is 1. The van der Waals surface area contributed by atoms with Crippen molar-refractivity contribution in [1.82, 2.24) is 15.1 Å². The third-order valence-corrected chi connectivity index (χ3v) is 10.5. The van der Waals surface area contributed by atoms with Gasteiger partial charge in [0, 0.05) is 61.3 Å². The Balaban J connectivity index is 1.24. The van der Waals surface area contributed by atoms with Crippen LogP contribution < -0.4 is 15.0 Å². The fraction of sp³-hybridized carbons (Fsp3) is 0.368. The monoisotopic (exact) mass is 786 g/mol. The Morgan fingerprint density at radius 3 is 2.58 bits per heavy atom. The molecule has 2 amide bonds. The van der Waals surface area contributed by atoms with Crippen LogP contribution in [0.3, 0.4) is 0 Å². The van der Waals surface area contributed by atoms with Crippen molar-refractivity contribution in [3.63, 3.8) is 0 Å². The van der Waals surface area contributed by atoms with Gasteiger partial charge < -0.3 is 24.0 Å². The highest BCUT2D eigenvalue weighted by atomic mass is 35.5. The van der Waals surface area contributed by atoms with Crippen molar-refractivity contribution in [1.29, 1.82) is 0 Å². The number of aromatic nitrogens is 2. The van der Waals surface area contributed by atoms with E-state index in [-0.39, 0.29) is 35.9 Å². The number of benzene rings is 3. The lowest BCUT2D eigenvalue weighted by Gasteiger charge is -2.29. The number of methoxy groups -OCH3 is 1. The summed E-state index contributed by atoms with van der Waals surface area (Å²) in [5, 5.41) is 7.76. The average molecular weight is 788 g/mol. The molecule has 0 radical (unpaired) electrons. The first-order valence-corrected chi connectivity index (χ1v) is 18.8. The Bertz CT molecular complexity index is 1950. The van der Waals surface area contributed by atoms with Crippen LogP contribution in [0.5, 0.6) is 5.75 Å². The number of nitrogens with zero attached hydrogens (tertiary/aromatic N) is 4. The molecule has 1 atom stereocenters. The lowest BCUT2D eigenvalue weighted by Crippen LogP contribution is -2.43. The van der Waals surface area contributed by atoms with Gasteiger partial charge in [-0.25, -0.2) is 14.0 Å². The largest absolute Gasteiger partial charge is 0.490 e. The van der Waals surface area contributed by atoms with Crippen LogP contribution in [-0.2, 0) is 20.8 Å². The van der Waals surface area contributed by atoms with Crippen LogP contribution in [0.15, 0.2) is 65.8 Å². The van der Waals surface area contributed by atoms with E-state index < -0.39 is 29.8 Å². The molecule has 0 spiro atoms. The molecule has 5 rings (SSSR count). The Morgan fingerprint density at radius 2 is 1.85 bits per heavy atom. The van der Waals surface area contributed by atoms with Crippen molar-refractivity contribution in [2.24, 2.45) is 0 Å². The number of carbonyl (C=O) groups is 3. The first-order valence-electron chi connectivity index (χ1n) is 17.0. The molecule has 53 heavy (non-hydrogen) atoms. The Kier molecular flexibility index (Phi) is 13.3. The van der Waals surface area contributed by atoms with Crippen molar-refractivity contribution >= 4 is 58.6 Å². The summed E-state index contributed by atoms with van der Waals surface area (Å²) in [6.07, 6.45) is 4.00. The van der Waals surface area contributed by atoms with E-state index in [1.807, 2.05) is 52.3 Å². The van der Waals surface area contributed by atoms with Crippen molar-refractivity contribution < 1.29 is 37.5 Å². The Hall–Kier alpha value is -4.30. The highest BCUT2D eigenvalue weighted by Crippen LogP contribution is 2.42. The SMILES string of the molecule is COC(=O)[C@H](CCC[N+](C)(C)C)NC(=O)c1cc(F)c(Cn2cc(-c3cccc4c3SCCN4C(=O)OCCOc3cccc(Cl)c3C)cn2)c(Cl)c1. The molecule has 0 fully saturated rings. The van der Waals surface area contributed by atoms with E-state index in [1.54, 1.807) is 45.9 Å². The summed E-state index contributed by atoms with van der Waals surface area (Å²) in [7, 11) is 7.37. The number of carbonyl (C=O) groups excluding carboxylic acids is 3. The maximum Gasteiger partial charge on any atom is 0.414 e. The van der Waals surface area contributed by atoms with Crippen molar-refractivity contribution in [3.8, 4) is 16.9 Å². The minimum absolute atomic E-state index is 0.000194. The van der Waals surface area contributed by atoms with Gasteiger partial charge in [0.15, 0.2) is 0 Å². The second kappa shape index (κ2) is 17.7. The third-order valence-electron chi connectivity index (χ3n) is 8.63. The fourth-order valence-electron chi connectivity index (χ4n) is 5.81. The molecule has 1 aliphatic rings. The number of hydrogen-bond donors (Lipinski definition) is 1. The average Bonchev–Trinajstić information content (AvgIpc) is 3.59. The van der Waals surface area contributed by atoms with Crippen LogP contribution in [0.4, 0.5) is 14.9 Å². The second-order valence-electron chi connectivity index (χ2n) is 13.5. The molecule has 0 saturated carbocycles. The molecule has 11 nitrogen and oxygen atoms in total. The predicted molar refractivity (Wildman–Crippen MR) is 205 cm³/mol. The number of nitrogens with one attached hydrogen (secondary N) is 1. The summed E-state index contributed by atoms with van der Waals surface area (Å²) >= 11 is 14.3. The number of thioether (sulfide) groups is 1. The summed E-state index contributed by atoms with van der Waals surface area (Å²) in [6.45, 7) is 3.36. The zero-order chi connectivity index (χ0) is 38.3. The van der Waals surface area contributed by atoms with Crippen LogP contribution >= 0.6 is 35.0 Å². The normalized spacial score (nSPS) is 13.2. The molecule has 1 aromatic heterocycles. The molecule has 0 saturated heterocycles. The molecule has 3 aromatic carbocycles. The topological polar surface area (TPSA) is 112 Å². The maximum absolute atomic E-state index is 15.5. The van der Waals surface area contributed by atoms with E-state index in [0.717, 1.165) is 34.2 Å². The molecule has 0 bridgehead atoms. The van der Waals surface area contributed by atoms with Crippen LogP contribution in [0, 0.1) is 12.7 Å². The van der Waals surface area contributed by atoms with Gasteiger partial charge in [-0.2, -0.15) is 5.10 Å². The van der Waals surface area contributed by atoms with E-state index in [2.05, 4.69) is 10.4 Å². The zero-order valence-corrected chi connectivity index (χ0v) is 32.6. The quantitative estimate of drug-likeness (QED) is 0.0810. The van der Waals surface area contributed by atoms with Crippen LogP contribution in [0.25, 0.3) is 11.1 Å². The highest BCUT2D eigenvalue weighted by Gasteiger charge is 2.28. The van der Waals surface area contributed by atoms with Crippen LogP contribution in [-0.4, -0.2) is 98.6 Å². The van der Waals surface area contributed by atoms with Gasteiger partial charge in [0.05, 0.1) is 53.2 Å². The van der Waals surface area contributed by atoms with Crippen molar-refractivity contribution in [3.05, 3.63) is 93.5 Å². The van der Waals surface area contributed by atoms with E-state index in [1.165, 1.54) is 13.2 Å². The molecule has 15 heteroatoms. The fourth-order valence-corrected chi connectivity index (χ4v) is 7.39. The first kappa shape index (κ1) is 39.9. The van der Waals surface area contributed by atoms with E-state index in [9.17, 15) is 14.4 Å². The molecule has 0 aliphatic carbocycles. The molecular weight excluding hydrogens is 744 g/mol. The lowest BCUT2D eigenvalue weighted by molar-refractivity contribution is -0.870. The summed E-state index contributed by atoms with van der Waals surface area (Å²) < 4.78 is 34.0. The van der Waals surface area contributed by atoms with E-state index in [0.29, 0.717) is 46.1 Å². The van der Waals surface area contributed by atoms with Gasteiger partial charge in [0.1, 0.15) is 30.8 Å². The van der Waals surface area contributed by atoms with E-state index >= 15 is 4.39 Å². The molecule has 0 unspecified atom stereocenters. The summed E-state index contributed by atoms with van der Waals surface area (Å²) in [4.78, 5) is 41.1. The molecular formula is C38H43Cl2FN5O6S+. The van der Waals surface area contributed by atoms with Crippen LogP contribution in [0.1, 0.15) is 34.3 Å². The number of quaternary nitrogens is 1. The predicted octanol–water partition coefficient (Wildman–Crippen LogP) is 7.24. The molecule has 1 aliphatic heterocycles. The summed E-state index contributed by atoms with van der Waals surface area (Å²) in [5.74, 6) is -0.605. The minimum atomic E-state index is -0.882. The number of halogens is 3. The molecule has 1 N–H and O–H groups in total. The van der Waals surface area contributed by atoms with Crippen molar-refractivity contribution in [2.45, 2.75) is 37.2 Å².